The number of anilines is 1. The second-order valence-corrected chi connectivity index (χ2v) is 7.55. The van der Waals surface area contributed by atoms with Gasteiger partial charge in [-0.2, -0.15) is 0 Å². The van der Waals surface area contributed by atoms with Crippen LogP contribution in [0.2, 0.25) is 0 Å². The smallest absolute Gasteiger partial charge is 0.279 e. The minimum absolute atomic E-state index is 0.148. The lowest BCUT2D eigenvalue weighted by atomic mass is 9.92. The van der Waals surface area contributed by atoms with Crippen LogP contribution in [0, 0.1) is 0 Å². The highest BCUT2D eigenvalue weighted by molar-refractivity contribution is 5.93. The van der Waals surface area contributed by atoms with E-state index in [0.717, 1.165) is 31.9 Å². The summed E-state index contributed by atoms with van der Waals surface area (Å²) in [5.74, 6) is 0.960. The molecular formula is C19H33N3O+2. The summed E-state index contributed by atoms with van der Waals surface area (Å²) in [5, 5.41) is 3.23. The molecule has 0 aliphatic carbocycles. The summed E-state index contributed by atoms with van der Waals surface area (Å²) in [5.41, 5.74) is 3.52. The molecule has 1 fully saturated rings. The van der Waals surface area contributed by atoms with Crippen LogP contribution in [0.1, 0.15) is 50.7 Å². The van der Waals surface area contributed by atoms with E-state index in [4.69, 9.17) is 0 Å². The quantitative estimate of drug-likeness (QED) is 0.717. The number of hydrogen-bond acceptors (Lipinski definition) is 1. The zero-order valence-electron chi connectivity index (χ0n) is 15.3. The molecular weight excluding hydrogens is 286 g/mol. The molecule has 1 saturated heterocycles. The SMILES string of the molecule is CC(C)c1cccc(C(C)C)c1NC(=O)C[NH+]1CC[NH+](C)CC1. The Hall–Kier alpha value is -1.39. The highest BCUT2D eigenvalue weighted by Crippen LogP contribution is 2.32. The van der Waals surface area contributed by atoms with Crippen molar-refractivity contribution in [3.05, 3.63) is 29.3 Å². The molecule has 0 unspecified atom stereocenters. The van der Waals surface area contributed by atoms with Crippen LogP contribution < -0.4 is 15.1 Å². The van der Waals surface area contributed by atoms with Crippen molar-refractivity contribution in [3.8, 4) is 0 Å². The van der Waals surface area contributed by atoms with Gasteiger partial charge in [0.2, 0.25) is 0 Å². The van der Waals surface area contributed by atoms with E-state index in [9.17, 15) is 4.79 Å². The number of para-hydroxylation sites is 1. The molecule has 3 N–H and O–H groups in total. The molecule has 0 saturated carbocycles. The lowest BCUT2D eigenvalue weighted by Gasteiger charge is -2.27. The Kier molecular flexibility index (Phi) is 6.19. The first-order valence-electron chi connectivity index (χ1n) is 8.96. The van der Waals surface area contributed by atoms with E-state index >= 15 is 0 Å². The number of hydrogen-bond donors (Lipinski definition) is 3. The van der Waals surface area contributed by atoms with E-state index in [-0.39, 0.29) is 5.91 Å². The van der Waals surface area contributed by atoms with E-state index in [1.165, 1.54) is 16.0 Å². The first-order chi connectivity index (χ1) is 10.9. The molecule has 0 spiro atoms. The number of carbonyl (C=O) groups is 1. The Morgan fingerprint density at radius 3 is 2.04 bits per heavy atom. The number of benzene rings is 1. The number of nitrogens with one attached hydrogen (secondary N) is 3. The molecule has 1 heterocycles. The highest BCUT2D eigenvalue weighted by Gasteiger charge is 2.23. The van der Waals surface area contributed by atoms with Crippen LogP contribution in [0.4, 0.5) is 5.69 Å². The maximum absolute atomic E-state index is 12.6. The molecule has 23 heavy (non-hydrogen) atoms. The van der Waals surface area contributed by atoms with Gasteiger partial charge in [0.25, 0.3) is 5.91 Å². The Morgan fingerprint density at radius 1 is 1.04 bits per heavy atom. The van der Waals surface area contributed by atoms with Crippen molar-refractivity contribution >= 4 is 11.6 Å². The summed E-state index contributed by atoms with van der Waals surface area (Å²) in [6, 6.07) is 6.38. The number of rotatable bonds is 5. The predicted octanol–water partition coefficient (Wildman–Crippen LogP) is 0.285. The van der Waals surface area contributed by atoms with Gasteiger partial charge in [-0.15, -0.1) is 0 Å². The fourth-order valence-electron chi connectivity index (χ4n) is 3.31. The third kappa shape index (κ3) is 4.79. The minimum Gasteiger partial charge on any atom is -0.328 e. The lowest BCUT2D eigenvalue weighted by Crippen LogP contribution is -3.27. The molecule has 128 valence electrons. The summed E-state index contributed by atoms with van der Waals surface area (Å²) in [6.07, 6.45) is 0. The maximum atomic E-state index is 12.6. The van der Waals surface area contributed by atoms with Crippen LogP contribution in [0.5, 0.6) is 0 Å². The second kappa shape index (κ2) is 7.93. The van der Waals surface area contributed by atoms with Gasteiger partial charge in [0.1, 0.15) is 26.2 Å². The van der Waals surface area contributed by atoms with Crippen molar-refractivity contribution < 1.29 is 14.6 Å². The van der Waals surface area contributed by atoms with Crippen molar-refractivity contribution in [2.24, 2.45) is 0 Å². The molecule has 0 atom stereocenters. The van der Waals surface area contributed by atoms with Crippen molar-refractivity contribution in [2.75, 3.05) is 45.1 Å². The Balaban J connectivity index is 2.10. The summed E-state index contributed by atoms with van der Waals surface area (Å²) in [6.45, 7) is 13.8. The monoisotopic (exact) mass is 319 g/mol. The fourth-order valence-corrected chi connectivity index (χ4v) is 3.31. The Morgan fingerprint density at radius 2 is 1.57 bits per heavy atom. The number of quaternary nitrogens is 2. The van der Waals surface area contributed by atoms with Gasteiger partial charge in [0, 0.05) is 5.69 Å². The number of carbonyl (C=O) groups excluding carboxylic acids is 1. The van der Waals surface area contributed by atoms with Crippen molar-refractivity contribution in [3.63, 3.8) is 0 Å². The number of amides is 1. The van der Waals surface area contributed by atoms with Gasteiger partial charge in [-0.1, -0.05) is 45.9 Å². The Bertz CT molecular complexity index is 505. The topological polar surface area (TPSA) is 38.0 Å². The van der Waals surface area contributed by atoms with Gasteiger partial charge < -0.3 is 15.1 Å². The summed E-state index contributed by atoms with van der Waals surface area (Å²) in [7, 11) is 2.23. The zero-order valence-corrected chi connectivity index (χ0v) is 15.3. The zero-order chi connectivity index (χ0) is 17.0. The molecule has 4 heteroatoms. The van der Waals surface area contributed by atoms with Crippen LogP contribution >= 0.6 is 0 Å². The molecule has 4 nitrogen and oxygen atoms in total. The number of likely N-dealkylation sites (N-methyl/N-ethyl adjacent to an activating group) is 1. The summed E-state index contributed by atoms with van der Waals surface area (Å²) < 4.78 is 0. The van der Waals surface area contributed by atoms with Gasteiger partial charge in [-0.05, 0) is 23.0 Å². The largest absolute Gasteiger partial charge is 0.328 e. The summed E-state index contributed by atoms with van der Waals surface area (Å²) >= 11 is 0. The third-order valence-corrected chi connectivity index (χ3v) is 4.86. The van der Waals surface area contributed by atoms with Crippen molar-refractivity contribution in [1.82, 2.24) is 0 Å². The standard InChI is InChI=1S/C19H31N3O/c1-14(2)16-7-6-8-17(15(3)4)19(16)20-18(23)13-22-11-9-21(5)10-12-22/h6-8,14-15H,9-13H2,1-5H3,(H,20,23)/p+2. The maximum Gasteiger partial charge on any atom is 0.279 e. The van der Waals surface area contributed by atoms with E-state index in [1.807, 2.05) is 0 Å². The fraction of sp³-hybridized carbons (Fsp3) is 0.632. The third-order valence-electron chi connectivity index (χ3n) is 4.86. The lowest BCUT2D eigenvalue weighted by molar-refractivity contribution is -0.999. The Labute approximate surface area is 140 Å². The van der Waals surface area contributed by atoms with Crippen LogP contribution in [0.3, 0.4) is 0 Å². The van der Waals surface area contributed by atoms with Crippen LogP contribution in [-0.4, -0.2) is 45.7 Å². The van der Waals surface area contributed by atoms with Gasteiger partial charge >= 0.3 is 0 Å². The van der Waals surface area contributed by atoms with Crippen LogP contribution in [0.25, 0.3) is 0 Å². The van der Waals surface area contributed by atoms with E-state index < -0.39 is 0 Å². The average Bonchev–Trinajstić information content (AvgIpc) is 2.49. The molecule has 0 aromatic heterocycles. The second-order valence-electron chi connectivity index (χ2n) is 7.55. The first-order valence-corrected chi connectivity index (χ1v) is 8.96. The van der Waals surface area contributed by atoms with Crippen LogP contribution in [-0.2, 0) is 4.79 Å². The van der Waals surface area contributed by atoms with Crippen LogP contribution in [0.15, 0.2) is 18.2 Å². The van der Waals surface area contributed by atoms with Crippen molar-refractivity contribution in [1.29, 1.82) is 0 Å². The van der Waals surface area contributed by atoms with E-state index in [2.05, 4.69) is 58.3 Å². The van der Waals surface area contributed by atoms with Gasteiger partial charge in [0.15, 0.2) is 6.54 Å². The van der Waals surface area contributed by atoms with Gasteiger partial charge in [-0.25, -0.2) is 0 Å². The van der Waals surface area contributed by atoms with Gasteiger partial charge in [-0.3, -0.25) is 4.79 Å². The molecule has 1 aromatic rings. The number of piperazine rings is 1. The molecule has 2 rings (SSSR count). The van der Waals surface area contributed by atoms with E-state index in [0.29, 0.717) is 18.4 Å². The summed E-state index contributed by atoms with van der Waals surface area (Å²) in [4.78, 5) is 15.5. The van der Waals surface area contributed by atoms with Gasteiger partial charge in [0.05, 0.1) is 7.05 Å². The molecule has 1 aliphatic rings. The first kappa shape index (κ1) is 18.0. The highest BCUT2D eigenvalue weighted by atomic mass is 16.2. The minimum atomic E-state index is 0.148. The molecule has 0 bridgehead atoms. The van der Waals surface area contributed by atoms with Crippen molar-refractivity contribution in [2.45, 2.75) is 39.5 Å². The normalized spacial score (nSPS) is 21.7. The van der Waals surface area contributed by atoms with E-state index in [1.54, 1.807) is 4.90 Å². The molecule has 1 aliphatic heterocycles. The average molecular weight is 319 g/mol. The predicted molar refractivity (Wildman–Crippen MR) is 95.4 cm³/mol. The molecule has 1 aromatic carbocycles. The molecule has 1 amide bonds. The molecule has 0 radical (unpaired) electrons.